The van der Waals surface area contributed by atoms with Crippen LogP contribution in [0.15, 0.2) is 18.2 Å². The summed E-state index contributed by atoms with van der Waals surface area (Å²) in [6.07, 6.45) is 5.88. The number of benzene rings is 1. The molecule has 0 saturated heterocycles. The van der Waals surface area contributed by atoms with E-state index in [4.69, 9.17) is 17.3 Å². The summed E-state index contributed by atoms with van der Waals surface area (Å²) in [5, 5.41) is 12.9. The van der Waals surface area contributed by atoms with Gasteiger partial charge in [0.25, 0.3) is 0 Å². The maximum Gasteiger partial charge on any atom is 0.184 e. The molecule has 1 aliphatic rings. The second kappa shape index (κ2) is 5.05. The average molecular weight is 292 g/mol. The third kappa shape index (κ3) is 2.26. The van der Waals surface area contributed by atoms with Gasteiger partial charge in [-0.1, -0.05) is 30.9 Å². The van der Waals surface area contributed by atoms with E-state index in [0.717, 1.165) is 18.4 Å². The molecule has 0 aliphatic heterocycles. The number of nitrogen functional groups attached to an aromatic ring is 1. The van der Waals surface area contributed by atoms with E-state index in [9.17, 15) is 0 Å². The zero-order chi connectivity index (χ0) is 14.2. The molecule has 6 heteroatoms. The van der Waals surface area contributed by atoms with E-state index >= 15 is 0 Å². The van der Waals surface area contributed by atoms with Gasteiger partial charge in [-0.3, -0.25) is 0 Å². The first kappa shape index (κ1) is 13.4. The van der Waals surface area contributed by atoms with Gasteiger partial charge in [-0.25, -0.2) is 4.68 Å². The van der Waals surface area contributed by atoms with Crippen LogP contribution < -0.4 is 5.73 Å². The molecule has 106 valence electrons. The number of hydrogen-bond donors (Lipinski definition) is 1. The van der Waals surface area contributed by atoms with E-state index < -0.39 is 0 Å². The first-order valence-electron chi connectivity index (χ1n) is 6.94. The summed E-state index contributed by atoms with van der Waals surface area (Å²) in [6.45, 7) is 2.21. The molecule has 0 bridgehead atoms. The Labute approximate surface area is 123 Å². The second-order valence-electron chi connectivity index (χ2n) is 5.71. The normalized spacial score (nSPS) is 18.1. The quantitative estimate of drug-likeness (QED) is 0.862. The van der Waals surface area contributed by atoms with Crippen LogP contribution in [0.2, 0.25) is 5.02 Å². The highest BCUT2D eigenvalue weighted by Gasteiger charge is 2.33. The first-order valence-corrected chi connectivity index (χ1v) is 7.32. The molecule has 2 N–H and O–H groups in total. The lowest BCUT2D eigenvalue weighted by atomic mass is 9.83. The summed E-state index contributed by atoms with van der Waals surface area (Å²) in [7, 11) is 0. The third-order valence-electron chi connectivity index (χ3n) is 4.14. The van der Waals surface area contributed by atoms with Gasteiger partial charge in [-0.05, 0) is 48.4 Å². The molecule has 20 heavy (non-hydrogen) atoms. The molecule has 0 unspecified atom stereocenters. The fourth-order valence-corrected chi connectivity index (χ4v) is 3.16. The smallest absolute Gasteiger partial charge is 0.184 e. The summed E-state index contributed by atoms with van der Waals surface area (Å²) >= 11 is 6.28. The minimum absolute atomic E-state index is 0.0367. The van der Waals surface area contributed by atoms with Gasteiger partial charge in [0.1, 0.15) is 0 Å². The van der Waals surface area contributed by atoms with Crippen molar-refractivity contribution in [3.8, 4) is 11.4 Å². The monoisotopic (exact) mass is 291 g/mol. The number of hydrogen-bond acceptors (Lipinski definition) is 4. The van der Waals surface area contributed by atoms with Crippen molar-refractivity contribution in [3.05, 3.63) is 23.2 Å². The summed E-state index contributed by atoms with van der Waals surface area (Å²) in [4.78, 5) is 0. The second-order valence-corrected chi connectivity index (χ2v) is 6.12. The van der Waals surface area contributed by atoms with Crippen molar-refractivity contribution in [2.75, 3.05) is 5.73 Å². The van der Waals surface area contributed by atoms with Crippen LogP contribution in [0.1, 0.15) is 39.0 Å². The molecule has 0 atom stereocenters. The number of nitrogens with two attached hydrogens (primary N) is 1. The number of rotatable bonds is 2. The largest absolute Gasteiger partial charge is 0.399 e. The number of tetrazole rings is 1. The van der Waals surface area contributed by atoms with Gasteiger partial charge in [0.15, 0.2) is 5.82 Å². The maximum absolute atomic E-state index is 6.28. The summed E-state index contributed by atoms with van der Waals surface area (Å²) in [6, 6.07) is 5.40. The highest BCUT2D eigenvalue weighted by atomic mass is 35.5. The molecule has 5 nitrogen and oxygen atoms in total. The number of nitrogens with zero attached hydrogens (tertiary/aromatic N) is 4. The van der Waals surface area contributed by atoms with Crippen molar-refractivity contribution in [1.29, 1.82) is 0 Å². The predicted molar refractivity (Wildman–Crippen MR) is 79.4 cm³/mol. The molecular weight excluding hydrogens is 274 g/mol. The van der Waals surface area contributed by atoms with E-state index in [1.807, 2.05) is 10.7 Å². The molecule has 0 spiro atoms. The molecule has 3 rings (SSSR count). The Hall–Kier alpha value is -1.62. The first-order chi connectivity index (χ1) is 9.60. The van der Waals surface area contributed by atoms with Crippen molar-refractivity contribution < 1.29 is 0 Å². The minimum Gasteiger partial charge on any atom is -0.399 e. The molecule has 1 aromatic heterocycles. The molecule has 1 saturated carbocycles. The van der Waals surface area contributed by atoms with Gasteiger partial charge in [0.2, 0.25) is 0 Å². The van der Waals surface area contributed by atoms with E-state index in [1.165, 1.54) is 19.3 Å². The van der Waals surface area contributed by atoms with Crippen molar-refractivity contribution in [1.82, 2.24) is 20.2 Å². The van der Waals surface area contributed by atoms with Crippen molar-refractivity contribution in [2.24, 2.45) is 0 Å². The van der Waals surface area contributed by atoms with Crippen LogP contribution in [0.3, 0.4) is 0 Å². The highest BCUT2D eigenvalue weighted by molar-refractivity contribution is 6.33. The Kier molecular flexibility index (Phi) is 3.38. The highest BCUT2D eigenvalue weighted by Crippen LogP contribution is 2.37. The van der Waals surface area contributed by atoms with Crippen LogP contribution >= 0.6 is 11.6 Å². The number of aromatic nitrogens is 4. The van der Waals surface area contributed by atoms with Gasteiger partial charge in [0.05, 0.1) is 10.6 Å². The van der Waals surface area contributed by atoms with Crippen LogP contribution in [-0.4, -0.2) is 20.2 Å². The van der Waals surface area contributed by atoms with E-state index in [1.54, 1.807) is 12.1 Å². The Morgan fingerprint density at radius 1 is 1.25 bits per heavy atom. The fourth-order valence-electron chi connectivity index (χ4n) is 2.96. The van der Waals surface area contributed by atoms with E-state index in [-0.39, 0.29) is 5.54 Å². The van der Waals surface area contributed by atoms with E-state index in [0.29, 0.717) is 16.5 Å². The van der Waals surface area contributed by atoms with Crippen LogP contribution in [0, 0.1) is 0 Å². The lowest BCUT2D eigenvalue weighted by Crippen LogP contribution is -2.34. The summed E-state index contributed by atoms with van der Waals surface area (Å²) < 4.78 is 1.92. The standard InChI is InChI=1S/C14H18ClN5/c1-14(7-3-2-4-8-14)20-13(17-18-19-20)11-9-10(16)5-6-12(11)15/h5-6,9H,2-4,7-8,16H2,1H3. The minimum atomic E-state index is -0.0367. The lowest BCUT2D eigenvalue weighted by molar-refractivity contribution is 0.197. The Morgan fingerprint density at radius 2 is 2.00 bits per heavy atom. The predicted octanol–water partition coefficient (Wildman–Crippen LogP) is 3.26. The molecule has 1 aromatic carbocycles. The Balaban J connectivity index is 2.08. The van der Waals surface area contributed by atoms with Crippen molar-refractivity contribution in [2.45, 2.75) is 44.6 Å². The van der Waals surface area contributed by atoms with Gasteiger partial charge >= 0.3 is 0 Å². The molecule has 1 heterocycles. The molecule has 1 aliphatic carbocycles. The topological polar surface area (TPSA) is 69.6 Å². The molecular formula is C14H18ClN5. The molecule has 0 radical (unpaired) electrons. The zero-order valence-corrected chi connectivity index (χ0v) is 12.3. The zero-order valence-electron chi connectivity index (χ0n) is 11.5. The van der Waals surface area contributed by atoms with Crippen LogP contribution in [-0.2, 0) is 5.54 Å². The van der Waals surface area contributed by atoms with Gasteiger partial charge in [0, 0.05) is 11.3 Å². The Bertz CT molecular complexity index is 616. The van der Waals surface area contributed by atoms with Crippen LogP contribution in [0.25, 0.3) is 11.4 Å². The molecule has 0 amide bonds. The summed E-state index contributed by atoms with van der Waals surface area (Å²) in [5.41, 5.74) is 7.28. The van der Waals surface area contributed by atoms with Gasteiger partial charge in [-0.2, -0.15) is 0 Å². The average Bonchev–Trinajstić information content (AvgIpc) is 2.92. The third-order valence-corrected chi connectivity index (χ3v) is 4.47. The van der Waals surface area contributed by atoms with Crippen molar-refractivity contribution in [3.63, 3.8) is 0 Å². The van der Waals surface area contributed by atoms with Crippen LogP contribution in [0.5, 0.6) is 0 Å². The van der Waals surface area contributed by atoms with Gasteiger partial charge in [-0.15, -0.1) is 5.10 Å². The maximum atomic E-state index is 6.28. The molecule has 2 aromatic rings. The summed E-state index contributed by atoms with van der Waals surface area (Å²) in [5.74, 6) is 0.701. The van der Waals surface area contributed by atoms with Crippen molar-refractivity contribution >= 4 is 17.3 Å². The Morgan fingerprint density at radius 3 is 2.75 bits per heavy atom. The molecule has 1 fully saturated rings. The van der Waals surface area contributed by atoms with Crippen LogP contribution in [0.4, 0.5) is 5.69 Å². The van der Waals surface area contributed by atoms with Gasteiger partial charge < -0.3 is 5.73 Å². The SMILES string of the molecule is CC1(n2nnnc2-c2cc(N)ccc2Cl)CCCCC1. The van der Waals surface area contributed by atoms with E-state index in [2.05, 4.69) is 22.4 Å². The number of halogens is 1. The number of anilines is 1. The fraction of sp³-hybridized carbons (Fsp3) is 0.500. The lowest BCUT2D eigenvalue weighted by Gasteiger charge is -2.34.